The summed E-state index contributed by atoms with van der Waals surface area (Å²) in [5.41, 5.74) is 5.00. The Morgan fingerprint density at radius 2 is 1.82 bits per heavy atom. The molecule has 0 saturated heterocycles. The molecule has 0 heterocycles. The molecule has 11 heavy (non-hydrogen) atoms. The summed E-state index contributed by atoms with van der Waals surface area (Å²) < 4.78 is 0. The fourth-order valence-corrected chi connectivity index (χ4v) is 0.402. The minimum absolute atomic E-state index is 0. The maximum Gasteiger partial charge on any atom is 0.320 e. The van der Waals surface area contributed by atoms with Crippen LogP contribution in [0.2, 0.25) is 0 Å². The first-order valence-electron chi connectivity index (χ1n) is 2.74. The van der Waals surface area contributed by atoms with Gasteiger partial charge in [0.15, 0.2) is 0 Å². The molecule has 6 nitrogen and oxygen atoms in total. The summed E-state index contributed by atoms with van der Waals surface area (Å²) in [6, 6.07) is -1.06. The first-order valence-corrected chi connectivity index (χ1v) is 2.74. The van der Waals surface area contributed by atoms with Gasteiger partial charge in [-0.2, -0.15) is 0 Å². The molecule has 0 aliphatic heterocycles. The van der Waals surface area contributed by atoms with Crippen molar-refractivity contribution < 1.29 is 19.8 Å². The van der Waals surface area contributed by atoms with E-state index in [2.05, 4.69) is 0 Å². The molecule has 0 aromatic rings. The molecule has 0 aliphatic carbocycles. The molecule has 0 saturated carbocycles. The molecule has 0 radical (unpaired) electrons. The maximum absolute atomic E-state index is 9.99. The minimum atomic E-state index is -1.17. The van der Waals surface area contributed by atoms with Crippen molar-refractivity contribution in [1.82, 2.24) is 6.15 Å². The SMILES string of the molecule is N[C@@H](CCC(=O)O)C(=O)O.[NH4+]. The molecule has 0 bridgehead atoms. The average molecular weight is 165 g/mol. The Labute approximate surface area is 63.6 Å². The van der Waals surface area contributed by atoms with E-state index in [9.17, 15) is 9.59 Å². The lowest BCUT2D eigenvalue weighted by Gasteiger charge is -2.01. The number of carboxylic acids is 2. The second-order valence-electron chi connectivity index (χ2n) is 1.88. The lowest BCUT2D eigenvalue weighted by atomic mass is 10.2. The predicted molar refractivity (Wildman–Crippen MR) is 38.5 cm³/mol. The molecule has 0 rings (SSSR count). The molecular formula is C5H13N2O4+. The molecule has 0 aromatic carbocycles. The second-order valence-corrected chi connectivity index (χ2v) is 1.88. The Morgan fingerprint density at radius 3 is 2.09 bits per heavy atom. The third kappa shape index (κ3) is 6.75. The summed E-state index contributed by atoms with van der Waals surface area (Å²) in [4.78, 5) is 19.9. The zero-order valence-corrected chi connectivity index (χ0v) is 6.28. The predicted octanol–water partition coefficient (Wildman–Crippen LogP) is -0.361. The van der Waals surface area contributed by atoms with Crippen LogP contribution >= 0.6 is 0 Å². The summed E-state index contributed by atoms with van der Waals surface area (Å²) in [7, 11) is 0. The smallest absolute Gasteiger partial charge is 0.320 e. The average Bonchev–Trinajstić information content (AvgIpc) is 1.82. The molecule has 0 spiro atoms. The van der Waals surface area contributed by atoms with Crippen molar-refractivity contribution in [2.75, 3.05) is 0 Å². The zero-order chi connectivity index (χ0) is 8.15. The quantitative estimate of drug-likeness (QED) is 0.450. The van der Waals surface area contributed by atoms with E-state index in [4.69, 9.17) is 15.9 Å². The van der Waals surface area contributed by atoms with E-state index in [-0.39, 0.29) is 19.0 Å². The highest BCUT2D eigenvalue weighted by Gasteiger charge is 2.12. The summed E-state index contributed by atoms with van der Waals surface area (Å²) in [5, 5.41) is 16.3. The Morgan fingerprint density at radius 1 is 1.36 bits per heavy atom. The number of carboxylic acid groups (broad SMARTS) is 2. The topological polar surface area (TPSA) is 137 Å². The van der Waals surface area contributed by atoms with E-state index in [0.717, 1.165) is 0 Å². The van der Waals surface area contributed by atoms with Gasteiger partial charge in [-0.05, 0) is 6.42 Å². The van der Waals surface area contributed by atoms with Crippen LogP contribution < -0.4 is 11.9 Å². The van der Waals surface area contributed by atoms with Crippen molar-refractivity contribution in [3.8, 4) is 0 Å². The number of hydrogen-bond acceptors (Lipinski definition) is 3. The monoisotopic (exact) mass is 165 g/mol. The standard InChI is InChI=1S/C5H9NO4.H3N/c6-3(5(9)10)1-2-4(7)8;/h3H,1-2,6H2,(H,7,8)(H,9,10);1H3/p+1/t3-;/m0./s1. The number of quaternary nitrogens is 1. The van der Waals surface area contributed by atoms with Gasteiger partial charge in [-0.15, -0.1) is 0 Å². The number of hydrogen-bond donors (Lipinski definition) is 4. The third-order valence-corrected chi connectivity index (χ3v) is 0.986. The van der Waals surface area contributed by atoms with Crippen LogP contribution in [-0.4, -0.2) is 28.2 Å². The second kappa shape index (κ2) is 5.63. The molecule has 0 fully saturated rings. The van der Waals surface area contributed by atoms with E-state index in [1.807, 2.05) is 0 Å². The molecule has 8 N–H and O–H groups in total. The van der Waals surface area contributed by atoms with Gasteiger partial charge in [-0.1, -0.05) is 0 Å². The number of aliphatic carboxylic acids is 2. The fraction of sp³-hybridized carbons (Fsp3) is 0.600. The number of nitrogens with two attached hydrogens (primary N) is 1. The molecular weight excluding hydrogens is 152 g/mol. The van der Waals surface area contributed by atoms with Gasteiger partial charge in [0.1, 0.15) is 6.04 Å². The highest BCUT2D eigenvalue weighted by atomic mass is 16.4. The van der Waals surface area contributed by atoms with Crippen LogP contribution in [0.1, 0.15) is 12.8 Å². The number of carbonyl (C=O) groups is 2. The first kappa shape index (κ1) is 12.5. The summed E-state index contributed by atoms with van der Waals surface area (Å²) in [6.07, 6.45) is -0.224. The normalized spacial score (nSPS) is 11.4. The van der Waals surface area contributed by atoms with Crippen LogP contribution in [0.4, 0.5) is 0 Å². The highest BCUT2D eigenvalue weighted by Crippen LogP contribution is 1.93. The molecule has 0 amide bonds. The number of rotatable bonds is 4. The van der Waals surface area contributed by atoms with Gasteiger partial charge < -0.3 is 22.1 Å². The third-order valence-electron chi connectivity index (χ3n) is 0.986. The van der Waals surface area contributed by atoms with Gasteiger partial charge in [0.05, 0.1) is 0 Å². The Kier molecular flexibility index (Phi) is 6.41. The minimum Gasteiger partial charge on any atom is -0.481 e. The van der Waals surface area contributed by atoms with Crippen LogP contribution in [0.25, 0.3) is 0 Å². The van der Waals surface area contributed by atoms with E-state index < -0.39 is 18.0 Å². The summed E-state index contributed by atoms with van der Waals surface area (Å²) in [6.45, 7) is 0. The van der Waals surface area contributed by atoms with Crippen LogP contribution in [0.15, 0.2) is 0 Å². The van der Waals surface area contributed by atoms with Gasteiger partial charge in [0.2, 0.25) is 0 Å². The Balaban J connectivity index is 0. The molecule has 0 aliphatic rings. The fourth-order valence-electron chi connectivity index (χ4n) is 0.402. The van der Waals surface area contributed by atoms with Gasteiger partial charge in [-0.3, -0.25) is 9.59 Å². The molecule has 0 aromatic heterocycles. The van der Waals surface area contributed by atoms with Crippen molar-refractivity contribution >= 4 is 11.9 Å². The Hall–Kier alpha value is -1.14. The van der Waals surface area contributed by atoms with Crippen LogP contribution in [0, 0.1) is 0 Å². The first-order chi connectivity index (χ1) is 4.54. The van der Waals surface area contributed by atoms with Crippen LogP contribution in [0.5, 0.6) is 0 Å². The molecule has 0 unspecified atom stereocenters. The summed E-state index contributed by atoms with van der Waals surface area (Å²) >= 11 is 0. The van der Waals surface area contributed by atoms with E-state index in [1.54, 1.807) is 0 Å². The van der Waals surface area contributed by atoms with E-state index >= 15 is 0 Å². The highest BCUT2D eigenvalue weighted by molar-refractivity contribution is 5.74. The largest absolute Gasteiger partial charge is 0.481 e. The van der Waals surface area contributed by atoms with E-state index in [0.29, 0.717) is 0 Å². The van der Waals surface area contributed by atoms with Gasteiger partial charge >= 0.3 is 11.9 Å². The van der Waals surface area contributed by atoms with Crippen molar-refractivity contribution in [1.29, 1.82) is 0 Å². The molecule has 6 heteroatoms. The van der Waals surface area contributed by atoms with Gasteiger partial charge in [0.25, 0.3) is 0 Å². The zero-order valence-electron chi connectivity index (χ0n) is 6.28. The van der Waals surface area contributed by atoms with Crippen molar-refractivity contribution in [3.63, 3.8) is 0 Å². The lowest BCUT2D eigenvalue weighted by Crippen LogP contribution is -2.30. The molecule has 66 valence electrons. The van der Waals surface area contributed by atoms with Gasteiger partial charge in [0, 0.05) is 6.42 Å². The van der Waals surface area contributed by atoms with Crippen LogP contribution in [-0.2, 0) is 9.59 Å². The summed E-state index contributed by atoms with van der Waals surface area (Å²) in [5.74, 6) is -2.20. The molecule has 1 atom stereocenters. The van der Waals surface area contributed by atoms with Crippen molar-refractivity contribution in [3.05, 3.63) is 0 Å². The van der Waals surface area contributed by atoms with Crippen molar-refractivity contribution in [2.24, 2.45) is 5.73 Å². The van der Waals surface area contributed by atoms with Crippen LogP contribution in [0.3, 0.4) is 0 Å². The van der Waals surface area contributed by atoms with Gasteiger partial charge in [-0.25, -0.2) is 0 Å². The van der Waals surface area contributed by atoms with E-state index in [1.165, 1.54) is 0 Å². The van der Waals surface area contributed by atoms with Crippen molar-refractivity contribution in [2.45, 2.75) is 18.9 Å². The Bertz CT molecular complexity index is 147. The lowest BCUT2D eigenvalue weighted by molar-refractivity contribution is -0.139. The maximum atomic E-state index is 9.99.